The van der Waals surface area contributed by atoms with Gasteiger partial charge in [-0.3, -0.25) is 0 Å². The van der Waals surface area contributed by atoms with E-state index >= 15 is 0 Å². The second-order valence-electron chi connectivity index (χ2n) is 4.56. The van der Waals surface area contributed by atoms with Crippen molar-refractivity contribution in [2.24, 2.45) is 0 Å². The third-order valence-corrected chi connectivity index (χ3v) is 2.97. The fourth-order valence-corrected chi connectivity index (χ4v) is 1.79. The highest BCUT2D eigenvalue weighted by molar-refractivity contribution is 5.14. The average Bonchev–Trinajstić information content (AvgIpc) is 2.30. The van der Waals surface area contributed by atoms with E-state index in [1.807, 2.05) is 7.05 Å². The summed E-state index contributed by atoms with van der Waals surface area (Å²) in [6.45, 7) is 4.45. The molecule has 0 saturated heterocycles. The summed E-state index contributed by atoms with van der Waals surface area (Å²) in [7, 11) is 4.22. The van der Waals surface area contributed by atoms with Crippen LogP contribution in [0.3, 0.4) is 0 Å². The zero-order chi connectivity index (χ0) is 11.8. The fourth-order valence-electron chi connectivity index (χ4n) is 1.79. The summed E-state index contributed by atoms with van der Waals surface area (Å²) < 4.78 is 0. The fraction of sp³-hybridized carbons (Fsp3) is 0.571. The van der Waals surface area contributed by atoms with Crippen molar-refractivity contribution in [1.82, 2.24) is 10.2 Å². The van der Waals surface area contributed by atoms with Crippen molar-refractivity contribution >= 4 is 0 Å². The van der Waals surface area contributed by atoms with Crippen LogP contribution in [0.5, 0.6) is 0 Å². The molecule has 0 aliphatic heterocycles. The van der Waals surface area contributed by atoms with Crippen molar-refractivity contribution in [1.29, 1.82) is 0 Å². The molecule has 0 aliphatic rings. The van der Waals surface area contributed by atoms with E-state index < -0.39 is 0 Å². The number of benzene rings is 1. The summed E-state index contributed by atoms with van der Waals surface area (Å²) >= 11 is 0. The van der Waals surface area contributed by atoms with E-state index in [9.17, 15) is 0 Å². The summed E-state index contributed by atoms with van der Waals surface area (Å²) in [5.74, 6) is 0. The maximum Gasteiger partial charge on any atom is 0.0230 e. The Labute approximate surface area is 99.7 Å². The molecule has 0 radical (unpaired) electrons. The van der Waals surface area contributed by atoms with Gasteiger partial charge in [-0.15, -0.1) is 0 Å². The minimum atomic E-state index is 0.630. The van der Waals surface area contributed by atoms with Crippen LogP contribution in [0.4, 0.5) is 0 Å². The Kier molecular flexibility index (Phi) is 6.12. The van der Waals surface area contributed by atoms with Crippen LogP contribution in [0.1, 0.15) is 25.3 Å². The van der Waals surface area contributed by atoms with Gasteiger partial charge in [0, 0.05) is 12.6 Å². The van der Waals surface area contributed by atoms with Crippen LogP contribution in [0.2, 0.25) is 0 Å². The predicted molar refractivity (Wildman–Crippen MR) is 70.5 cm³/mol. The predicted octanol–water partition coefficient (Wildman–Crippen LogP) is 2.51. The van der Waals surface area contributed by atoms with E-state index in [-0.39, 0.29) is 0 Å². The Morgan fingerprint density at radius 2 is 1.94 bits per heavy atom. The van der Waals surface area contributed by atoms with Gasteiger partial charge in [-0.25, -0.2) is 0 Å². The molecular weight excluding hydrogens is 196 g/mol. The Hall–Kier alpha value is -0.860. The molecule has 1 atom stereocenters. The van der Waals surface area contributed by atoms with E-state index in [0.717, 1.165) is 6.54 Å². The van der Waals surface area contributed by atoms with Crippen molar-refractivity contribution in [3.63, 3.8) is 0 Å². The molecule has 1 rings (SSSR count). The lowest BCUT2D eigenvalue weighted by Crippen LogP contribution is -2.24. The molecule has 0 saturated carbocycles. The lowest BCUT2D eigenvalue weighted by atomic mass is 10.1. The van der Waals surface area contributed by atoms with E-state index in [1.54, 1.807) is 0 Å². The van der Waals surface area contributed by atoms with E-state index in [2.05, 4.69) is 54.5 Å². The monoisotopic (exact) mass is 220 g/mol. The molecule has 0 aliphatic carbocycles. The Bertz CT molecular complexity index is 271. The highest BCUT2D eigenvalue weighted by Crippen LogP contribution is 2.04. The standard InChI is InChI=1S/C14H24N2/c1-13(15-2)8-7-11-16(3)12-14-9-5-4-6-10-14/h4-6,9-10,13,15H,7-8,11-12H2,1-3H3. The zero-order valence-corrected chi connectivity index (χ0v) is 10.7. The molecule has 1 aromatic carbocycles. The van der Waals surface area contributed by atoms with Crippen LogP contribution in [-0.2, 0) is 6.54 Å². The summed E-state index contributed by atoms with van der Waals surface area (Å²) in [4.78, 5) is 2.39. The van der Waals surface area contributed by atoms with Gasteiger partial charge in [0.2, 0.25) is 0 Å². The zero-order valence-electron chi connectivity index (χ0n) is 10.7. The lowest BCUT2D eigenvalue weighted by molar-refractivity contribution is 0.312. The third kappa shape index (κ3) is 5.29. The van der Waals surface area contributed by atoms with Gasteiger partial charge in [-0.2, -0.15) is 0 Å². The first kappa shape index (κ1) is 13.2. The van der Waals surface area contributed by atoms with Crippen molar-refractivity contribution in [2.75, 3.05) is 20.6 Å². The molecule has 2 nitrogen and oxygen atoms in total. The number of nitrogens with zero attached hydrogens (tertiary/aromatic N) is 1. The molecule has 0 bridgehead atoms. The molecular formula is C14H24N2. The maximum absolute atomic E-state index is 3.27. The van der Waals surface area contributed by atoms with Crippen LogP contribution >= 0.6 is 0 Å². The van der Waals surface area contributed by atoms with Crippen LogP contribution in [-0.4, -0.2) is 31.6 Å². The number of nitrogens with one attached hydrogen (secondary N) is 1. The van der Waals surface area contributed by atoms with E-state index in [4.69, 9.17) is 0 Å². The molecule has 2 heteroatoms. The first-order valence-corrected chi connectivity index (χ1v) is 6.12. The van der Waals surface area contributed by atoms with Gasteiger partial charge < -0.3 is 10.2 Å². The van der Waals surface area contributed by atoms with Crippen molar-refractivity contribution in [3.05, 3.63) is 35.9 Å². The van der Waals surface area contributed by atoms with Gasteiger partial charge in [-0.05, 0) is 46.0 Å². The number of hydrogen-bond acceptors (Lipinski definition) is 2. The largest absolute Gasteiger partial charge is 0.317 e. The average molecular weight is 220 g/mol. The molecule has 1 aromatic rings. The molecule has 0 spiro atoms. The highest BCUT2D eigenvalue weighted by Gasteiger charge is 2.02. The number of hydrogen-bond donors (Lipinski definition) is 1. The maximum atomic E-state index is 3.27. The van der Waals surface area contributed by atoms with Gasteiger partial charge in [-0.1, -0.05) is 30.3 Å². The topological polar surface area (TPSA) is 15.3 Å². The smallest absolute Gasteiger partial charge is 0.0230 e. The summed E-state index contributed by atoms with van der Waals surface area (Å²) in [6.07, 6.45) is 2.50. The Morgan fingerprint density at radius 3 is 2.56 bits per heavy atom. The molecule has 0 aromatic heterocycles. The first-order chi connectivity index (χ1) is 7.72. The van der Waals surface area contributed by atoms with E-state index in [1.165, 1.54) is 24.9 Å². The minimum Gasteiger partial charge on any atom is -0.317 e. The molecule has 0 amide bonds. The van der Waals surface area contributed by atoms with Gasteiger partial charge in [0.1, 0.15) is 0 Å². The quantitative estimate of drug-likeness (QED) is 0.759. The molecule has 90 valence electrons. The lowest BCUT2D eigenvalue weighted by Gasteiger charge is -2.18. The molecule has 0 heterocycles. The first-order valence-electron chi connectivity index (χ1n) is 6.12. The van der Waals surface area contributed by atoms with Gasteiger partial charge in [0.25, 0.3) is 0 Å². The highest BCUT2D eigenvalue weighted by atomic mass is 15.1. The normalized spacial score (nSPS) is 13.0. The van der Waals surface area contributed by atoms with Gasteiger partial charge >= 0.3 is 0 Å². The summed E-state index contributed by atoms with van der Waals surface area (Å²) in [6, 6.07) is 11.3. The van der Waals surface area contributed by atoms with Gasteiger partial charge in [0.15, 0.2) is 0 Å². The molecule has 16 heavy (non-hydrogen) atoms. The SMILES string of the molecule is CNC(C)CCCN(C)Cc1ccccc1. The van der Waals surface area contributed by atoms with E-state index in [0.29, 0.717) is 6.04 Å². The summed E-state index contributed by atoms with van der Waals surface area (Å²) in [5, 5.41) is 3.27. The van der Waals surface area contributed by atoms with Crippen molar-refractivity contribution < 1.29 is 0 Å². The van der Waals surface area contributed by atoms with Crippen LogP contribution in [0.25, 0.3) is 0 Å². The van der Waals surface area contributed by atoms with Crippen LogP contribution in [0.15, 0.2) is 30.3 Å². The Morgan fingerprint density at radius 1 is 1.25 bits per heavy atom. The third-order valence-electron chi connectivity index (χ3n) is 2.97. The molecule has 0 fully saturated rings. The van der Waals surface area contributed by atoms with Crippen molar-refractivity contribution in [2.45, 2.75) is 32.4 Å². The summed E-state index contributed by atoms with van der Waals surface area (Å²) in [5.41, 5.74) is 1.40. The second-order valence-corrected chi connectivity index (χ2v) is 4.56. The second kappa shape index (κ2) is 7.42. The molecule has 1 unspecified atom stereocenters. The molecule has 1 N–H and O–H groups in total. The van der Waals surface area contributed by atoms with Crippen LogP contribution < -0.4 is 5.32 Å². The minimum absolute atomic E-state index is 0.630. The Balaban J connectivity index is 2.19. The van der Waals surface area contributed by atoms with Gasteiger partial charge in [0.05, 0.1) is 0 Å². The number of rotatable bonds is 7. The van der Waals surface area contributed by atoms with Crippen LogP contribution in [0, 0.1) is 0 Å². The van der Waals surface area contributed by atoms with Crippen molar-refractivity contribution in [3.8, 4) is 0 Å².